The van der Waals surface area contributed by atoms with Crippen LogP contribution in [0, 0.1) is 0 Å². The maximum Gasteiger partial charge on any atom is 0.286 e. The Hall–Kier alpha value is -1.84. The van der Waals surface area contributed by atoms with Gasteiger partial charge < -0.3 is 5.11 Å². The number of fused-ring (bicyclic) bond motifs is 1. The summed E-state index contributed by atoms with van der Waals surface area (Å²) in [4.78, 5) is 10.9. The molecule has 0 aliphatic carbocycles. The average Bonchev–Trinajstić information content (AvgIpc) is 2.55. The number of aryl methyl sites for hydroxylation is 1. The molecule has 0 N–H and O–H groups in total. The van der Waals surface area contributed by atoms with Gasteiger partial charge in [-0.1, -0.05) is 19.9 Å². The molecule has 0 aromatic carbocycles. The standard InChI is InChI=1S/C9H8N2O2.C2H6/c1-10-8-4-2-3-5-11(8)7(6-12)9(10)13;1-2/h2-6H,1H3;1-2H3/i6T;. The Morgan fingerprint density at radius 3 is 2.80 bits per heavy atom. The van der Waals surface area contributed by atoms with E-state index in [2.05, 4.69) is 0 Å². The van der Waals surface area contributed by atoms with Gasteiger partial charge in [-0.05, 0) is 6.07 Å². The van der Waals surface area contributed by atoms with Gasteiger partial charge in [-0.15, -0.1) is 0 Å². The summed E-state index contributed by atoms with van der Waals surface area (Å²) in [6, 6.07) is 5.19. The summed E-state index contributed by atoms with van der Waals surface area (Å²) in [5.74, 6) is -0.434. The summed E-state index contributed by atoms with van der Waals surface area (Å²) in [6.45, 7) is 4.00. The third-order valence-corrected chi connectivity index (χ3v) is 2.03. The van der Waals surface area contributed by atoms with Crippen LogP contribution in [0.1, 0.15) is 25.7 Å². The molecule has 0 fully saturated rings. The van der Waals surface area contributed by atoms with Gasteiger partial charge in [0.2, 0.25) is 5.69 Å². The molecule has 2 aromatic rings. The average molecular weight is 208 g/mol. The number of pyridine rings is 1. The van der Waals surface area contributed by atoms with Crippen molar-refractivity contribution in [1.82, 2.24) is 4.40 Å². The van der Waals surface area contributed by atoms with E-state index in [9.17, 15) is 9.90 Å². The molecule has 80 valence electrons. The van der Waals surface area contributed by atoms with Gasteiger partial charge in [0.15, 0.2) is 6.26 Å². The molecule has 0 bridgehead atoms. The number of aldehydes is 1. The van der Waals surface area contributed by atoms with Crippen LogP contribution in [-0.4, -0.2) is 10.7 Å². The molecule has 2 aromatic heterocycles. The Morgan fingerprint density at radius 1 is 1.53 bits per heavy atom. The van der Waals surface area contributed by atoms with Crippen molar-refractivity contribution in [2.75, 3.05) is 0 Å². The summed E-state index contributed by atoms with van der Waals surface area (Å²) in [6.07, 6.45) is 0.634. The monoisotopic (exact) mass is 208 g/mol. The molecule has 0 amide bonds. The van der Waals surface area contributed by atoms with Gasteiger partial charge in [-0.25, -0.2) is 4.57 Å². The molecule has 0 atom stereocenters. The zero-order valence-corrected chi connectivity index (χ0v) is 9.02. The van der Waals surface area contributed by atoms with E-state index in [1.54, 1.807) is 31.4 Å². The van der Waals surface area contributed by atoms with Crippen molar-refractivity contribution in [3.05, 3.63) is 30.1 Å². The third kappa shape index (κ3) is 1.70. The number of hydrogen-bond donors (Lipinski definition) is 0. The lowest BCUT2D eigenvalue weighted by Crippen LogP contribution is -2.30. The zero-order valence-electron chi connectivity index (χ0n) is 10.0. The van der Waals surface area contributed by atoms with Crippen molar-refractivity contribution in [3.63, 3.8) is 0 Å². The maximum absolute atomic E-state index is 11.5. The van der Waals surface area contributed by atoms with Crippen molar-refractivity contribution >= 4 is 11.9 Å². The fourth-order valence-electron chi connectivity index (χ4n) is 1.36. The van der Waals surface area contributed by atoms with Crippen molar-refractivity contribution < 1.29 is 15.8 Å². The molecule has 0 spiro atoms. The van der Waals surface area contributed by atoms with Crippen LogP contribution >= 0.6 is 0 Å². The summed E-state index contributed by atoms with van der Waals surface area (Å²) in [5, 5.41) is 11.5. The molecule has 0 aliphatic heterocycles. The van der Waals surface area contributed by atoms with Crippen LogP contribution in [0.15, 0.2) is 24.4 Å². The summed E-state index contributed by atoms with van der Waals surface area (Å²) in [7, 11) is 1.57. The first-order valence-electron chi connectivity index (χ1n) is 5.30. The molecular formula is C11H14N2O2. The maximum atomic E-state index is 11.5. The number of nitrogens with zero attached hydrogens (tertiary/aromatic N) is 2. The van der Waals surface area contributed by atoms with E-state index in [0.717, 1.165) is 0 Å². The summed E-state index contributed by atoms with van der Waals surface area (Å²) < 4.78 is 9.76. The second-order valence-corrected chi connectivity index (χ2v) is 2.74. The fourth-order valence-corrected chi connectivity index (χ4v) is 1.36. The summed E-state index contributed by atoms with van der Waals surface area (Å²) in [5.41, 5.74) is 0.483. The predicted molar refractivity (Wildman–Crippen MR) is 54.8 cm³/mol. The molecule has 2 heterocycles. The van der Waals surface area contributed by atoms with E-state index >= 15 is 0 Å². The van der Waals surface area contributed by atoms with Crippen molar-refractivity contribution in [2.45, 2.75) is 13.8 Å². The molecule has 0 saturated carbocycles. The lowest BCUT2D eigenvalue weighted by atomic mass is 10.4. The molecule has 0 unspecified atom stereocenters. The highest BCUT2D eigenvalue weighted by molar-refractivity contribution is 5.76. The number of aromatic nitrogens is 2. The van der Waals surface area contributed by atoms with Crippen LogP contribution in [0.5, 0.6) is 5.88 Å². The first kappa shape index (κ1) is 9.71. The van der Waals surface area contributed by atoms with Crippen LogP contribution in [0.3, 0.4) is 0 Å². The lowest BCUT2D eigenvalue weighted by molar-refractivity contribution is -0.690. The lowest BCUT2D eigenvalue weighted by Gasteiger charge is -1.96. The van der Waals surface area contributed by atoms with Crippen molar-refractivity contribution in [1.29, 1.82) is 0 Å². The van der Waals surface area contributed by atoms with Crippen LogP contribution in [-0.2, 0) is 7.05 Å². The van der Waals surface area contributed by atoms with Gasteiger partial charge in [-0.2, -0.15) is 4.40 Å². The minimum absolute atomic E-state index is 0.122. The van der Waals surface area contributed by atoms with Crippen molar-refractivity contribution in [3.8, 4) is 5.88 Å². The van der Waals surface area contributed by atoms with Crippen LogP contribution < -0.4 is 9.67 Å². The Bertz CT molecular complexity index is 520. The van der Waals surface area contributed by atoms with Gasteiger partial charge >= 0.3 is 0 Å². The number of carbonyl (C=O) groups is 1. The number of rotatable bonds is 1. The molecular weight excluding hydrogens is 192 g/mol. The van der Waals surface area contributed by atoms with Gasteiger partial charge in [0, 0.05) is 6.07 Å². The second kappa shape index (κ2) is 4.59. The third-order valence-electron chi connectivity index (χ3n) is 2.03. The Kier molecular flexibility index (Phi) is 2.97. The Labute approximate surface area is 89.8 Å². The predicted octanol–water partition coefficient (Wildman–Crippen LogP) is 0.676. The minimum Gasteiger partial charge on any atom is -0.839 e. The smallest absolute Gasteiger partial charge is 0.286 e. The minimum atomic E-state index is -0.961. The zero-order chi connectivity index (χ0) is 12.3. The molecule has 0 aliphatic rings. The first-order chi connectivity index (χ1) is 7.63. The highest BCUT2D eigenvalue weighted by Crippen LogP contribution is 2.10. The van der Waals surface area contributed by atoms with E-state index in [4.69, 9.17) is 1.37 Å². The Morgan fingerprint density at radius 2 is 2.20 bits per heavy atom. The first-order valence-corrected chi connectivity index (χ1v) is 4.80. The quantitative estimate of drug-likeness (QED) is 0.511. The van der Waals surface area contributed by atoms with Gasteiger partial charge in [0.25, 0.3) is 5.65 Å². The largest absolute Gasteiger partial charge is 0.839 e. The number of hydrogen-bond acceptors (Lipinski definition) is 2. The molecule has 0 radical (unpaired) electrons. The van der Waals surface area contributed by atoms with Crippen molar-refractivity contribution in [2.24, 2.45) is 7.05 Å². The van der Waals surface area contributed by atoms with E-state index in [1.807, 2.05) is 13.8 Å². The highest BCUT2D eigenvalue weighted by Gasteiger charge is 2.14. The van der Waals surface area contributed by atoms with Gasteiger partial charge in [-0.3, -0.25) is 4.79 Å². The molecule has 2 rings (SSSR count). The van der Waals surface area contributed by atoms with E-state index in [1.165, 1.54) is 8.97 Å². The molecule has 4 heteroatoms. The van der Waals surface area contributed by atoms with Gasteiger partial charge in [0.1, 0.15) is 7.25 Å². The van der Waals surface area contributed by atoms with Gasteiger partial charge in [0.05, 0.1) is 13.2 Å². The number of imidazole rings is 1. The summed E-state index contributed by atoms with van der Waals surface area (Å²) >= 11 is 0. The van der Waals surface area contributed by atoms with Crippen LogP contribution in [0.4, 0.5) is 0 Å². The topological polar surface area (TPSA) is 48.4 Å². The molecule has 4 nitrogen and oxygen atoms in total. The second-order valence-electron chi connectivity index (χ2n) is 2.74. The molecule has 0 saturated heterocycles. The van der Waals surface area contributed by atoms with Crippen LogP contribution in [0.25, 0.3) is 5.65 Å². The van der Waals surface area contributed by atoms with E-state index in [-0.39, 0.29) is 5.69 Å². The normalized spacial score (nSPS) is 10.5. The SMILES string of the molecule is CC.[3H]C(=O)c1c([O-])[n+](C)c2ccccn12. The van der Waals surface area contributed by atoms with Crippen LogP contribution in [0.2, 0.25) is 0 Å². The number of carbonyl (C=O) groups excluding carboxylic acids is 1. The fraction of sp³-hybridized carbons (Fsp3) is 0.273. The molecule has 15 heavy (non-hydrogen) atoms. The Balaban J connectivity index is 0.000000606. The van der Waals surface area contributed by atoms with E-state index in [0.29, 0.717) is 5.65 Å². The highest BCUT2D eigenvalue weighted by atomic mass is 16.3. The van der Waals surface area contributed by atoms with E-state index < -0.39 is 12.1 Å².